The maximum absolute atomic E-state index is 5.44. The summed E-state index contributed by atoms with van der Waals surface area (Å²) in [6.07, 6.45) is 12.3. The van der Waals surface area contributed by atoms with Crippen LogP contribution < -0.4 is 4.74 Å². The number of ether oxygens (including phenoxy) is 1. The van der Waals surface area contributed by atoms with Gasteiger partial charge in [-0.2, -0.15) is 0 Å². The van der Waals surface area contributed by atoms with Gasteiger partial charge in [0.15, 0.2) is 6.40 Å². The molecule has 2 heteroatoms. The van der Waals surface area contributed by atoms with E-state index in [0.29, 0.717) is 0 Å². The molecule has 0 saturated heterocycles. The smallest absolute Gasteiger partial charge is 0.176 e. The highest BCUT2D eigenvalue weighted by atomic mass is 16.5. The van der Waals surface area contributed by atoms with Crippen LogP contribution in [0.3, 0.4) is 0 Å². The number of nitrogens with zero attached hydrogens (tertiary/aromatic N) is 1. The quantitative estimate of drug-likeness (QED) is 0.295. The standard InChI is InChI=1S/C18H29NO/c1-3-4-5-6-7-8-9-10-15-19-16-20-18-13-11-17(2)12-14-18/h11-14,16H,3-10,15H2,1-2H3. The molecule has 1 aromatic carbocycles. The molecule has 0 aromatic heterocycles. The highest BCUT2D eigenvalue weighted by Crippen LogP contribution is 2.10. The second-order valence-electron chi connectivity index (χ2n) is 5.42. The van der Waals surface area contributed by atoms with Gasteiger partial charge in [-0.3, -0.25) is 4.99 Å². The first kappa shape index (κ1) is 16.7. The number of hydrogen-bond acceptors (Lipinski definition) is 2. The van der Waals surface area contributed by atoms with Gasteiger partial charge in [-0.15, -0.1) is 0 Å². The predicted molar refractivity (Wildman–Crippen MR) is 87.8 cm³/mol. The molecule has 1 rings (SSSR count). The van der Waals surface area contributed by atoms with E-state index in [9.17, 15) is 0 Å². The second-order valence-corrected chi connectivity index (χ2v) is 5.42. The van der Waals surface area contributed by atoms with Crippen LogP contribution in [0.25, 0.3) is 0 Å². The Kier molecular flexibility index (Phi) is 9.64. The summed E-state index contributed by atoms with van der Waals surface area (Å²) >= 11 is 0. The third-order valence-corrected chi connectivity index (χ3v) is 3.43. The number of hydrogen-bond donors (Lipinski definition) is 0. The van der Waals surface area contributed by atoms with Gasteiger partial charge in [0.1, 0.15) is 5.75 Å². The van der Waals surface area contributed by atoms with Crippen molar-refractivity contribution in [2.24, 2.45) is 4.99 Å². The molecule has 112 valence electrons. The lowest BCUT2D eigenvalue weighted by Crippen LogP contribution is -1.92. The lowest BCUT2D eigenvalue weighted by molar-refractivity contribution is 0.560. The van der Waals surface area contributed by atoms with Crippen molar-refractivity contribution in [2.75, 3.05) is 6.54 Å². The topological polar surface area (TPSA) is 21.6 Å². The van der Waals surface area contributed by atoms with Gasteiger partial charge in [-0.05, 0) is 25.5 Å². The van der Waals surface area contributed by atoms with Crippen LogP contribution in [0.1, 0.15) is 63.9 Å². The Morgan fingerprint density at radius 1 is 0.900 bits per heavy atom. The molecular formula is C18H29NO. The second kappa shape index (κ2) is 11.5. The molecule has 0 saturated carbocycles. The molecule has 0 aliphatic carbocycles. The van der Waals surface area contributed by atoms with Crippen molar-refractivity contribution < 1.29 is 4.74 Å². The van der Waals surface area contributed by atoms with Gasteiger partial charge in [0, 0.05) is 6.54 Å². The van der Waals surface area contributed by atoms with Crippen molar-refractivity contribution in [1.82, 2.24) is 0 Å². The van der Waals surface area contributed by atoms with Crippen LogP contribution in [-0.4, -0.2) is 12.9 Å². The van der Waals surface area contributed by atoms with Gasteiger partial charge in [0.05, 0.1) is 0 Å². The number of benzene rings is 1. The van der Waals surface area contributed by atoms with E-state index >= 15 is 0 Å². The van der Waals surface area contributed by atoms with E-state index in [1.165, 1.54) is 56.9 Å². The zero-order valence-corrected chi connectivity index (χ0v) is 13.1. The first-order valence-electron chi connectivity index (χ1n) is 8.04. The van der Waals surface area contributed by atoms with E-state index in [-0.39, 0.29) is 0 Å². The number of aryl methyl sites for hydroxylation is 1. The molecule has 0 N–H and O–H groups in total. The van der Waals surface area contributed by atoms with E-state index in [2.05, 4.69) is 18.8 Å². The van der Waals surface area contributed by atoms with Crippen LogP contribution in [0.5, 0.6) is 5.75 Å². The number of rotatable bonds is 11. The highest BCUT2D eigenvalue weighted by Gasteiger charge is 1.91. The molecular weight excluding hydrogens is 246 g/mol. The van der Waals surface area contributed by atoms with Gasteiger partial charge >= 0.3 is 0 Å². The maximum atomic E-state index is 5.44. The van der Waals surface area contributed by atoms with E-state index in [0.717, 1.165) is 12.3 Å². The van der Waals surface area contributed by atoms with Crippen LogP contribution in [0.4, 0.5) is 0 Å². The fourth-order valence-corrected chi connectivity index (χ4v) is 2.10. The minimum Gasteiger partial charge on any atom is -0.446 e. The van der Waals surface area contributed by atoms with Gasteiger partial charge in [0.2, 0.25) is 0 Å². The van der Waals surface area contributed by atoms with Crippen molar-refractivity contribution in [3.05, 3.63) is 29.8 Å². The molecule has 1 aromatic rings. The molecule has 0 unspecified atom stereocenters. The lowest BCUT2D eigenvalue weighted by atomic mass is 10.1. The molecule has 20 heavy (non-hydrogen) atoms. The van der Waals surface area contributed by atoms with Crippen LogP contribution in [-0.2, 0) is 0 Å². The molecule has 0 bridgehead atoms. The summed E-state index contributed by atoms with van der Waals surface area (Å²) in [6, 6.07) is 8.03. The van der Waals surface area contributed by atoms with E-state index < -0.39 is 0 Å². The minimum absolute atomic E-state index is 0.857. The molecule has 0 aliphatic rings. The number of aliphatic imine (C=N–C) groups is 1. The first-order chi connectivity index (χ1) is 9.83. The fourth-order valence-electron chi connectivity index (χ4n) is 2.10. The molecule has 0 aliphatic heterocycles. The Morgan fingerprint density at radius 2 is 1.50 bits per heavy atom. The third kappa shape index (κ3) is 8.73. The van der Waals surface area contributed by atoms with E-state index in [1.54, 1.807) is 6.40 Å². The summed E-state index contributed by atoms with van der Waals surface area (Å²) in [6.45, 7) is 5.21. The maximum Gasteiger partial charge on any atom is 0.176 e. The number of unbranched alkanes of at least 4 members (excludes halogenated alkanes) is 7. The summed E-state index contributed by atoms with van der Waals surface area (Å²) in [5.74, 6) is 0.857. The molecule has 0 amide bonds. The average molecular weight is 275 g/mol. The Balaban J connectivity index is 1.93. The Hall–Kier alpha value is -1.31. The zero-order valence-electron chi connectivity index (χ0n) is 13.1. The lowest BCUT2D eigenvalue weighted by Gasteiger charge is -2.01. The van der Waals surface area contributed by atoms with Gasteiger partial charge in [-0.1, -0.05) is 69.6 Å². The first-order valence-corrected chi connectivity index (χ1v) is 8.04. The third-order valence-electron chi connectivity index (χ3n) is 3.43. The predicted octanol–water partition coefficient (Wildman–Crippen LogP) is 5.54. The van der Waals surface area contributed by atoms with Crippen molar-refractivity contribution in [1.29, 1.82) is 0 Å². The summed E-state index contributed by atoms with van der Waals surface area (Å²) in [5.41, 5.74) is 1.24. The van der Waals surface area contributed by atoms with E-state index in [4.69, 9.17) is 4.74 Å². The van der Waals surface area contributed by atoms with E-state index in [1.807, 2.05) is 24.3 Å². The largest absolute Gasteiger partial charge is 0.446 e. The van der Waals surface area contributed by atoms with Crippen LogP contribution >= 0.6 is 0 Å². The summed E-state index contributed by atoms with van der Waals surface area (Å²) in [7, 11) is 0. The molecule has 0 heterocycles. The van der Waals surface area contributed by atoms with Crippen LogP contribution in [0.15, 0.2) is 29.3 Å². The van der Waals surface area contributed by atoms with Gasteiger partial charge in [-0.25, -0.2) is 0 Å². The van der Waals surface area contributed by atoms with Crippen molar-refractivity contribution in [2.45, 2.75) is 65.2 Å². The van der Waals surface area contributed by atoms with Crippen molar-refractivity contribution >= 4 is 6.40 Å². The SMILES string of the molecule is CCCCCCCCCCN=COc1ccc(C)cc1. The van der Waals surface area contributed by atoms with Crippen LogP contribution in [0, 0.1) is 6.92 Å². The monoisotopic (exact) mass is 275 g/mol. The molecule has 0 radical (unpaired) electrons. The average Bonchev–Trinajstić information content (AvgIpc) is 2.47. The molecule has 0 spiro atoms. The van der Waals surface area contributed by atoms with Gasteiger partial charge in [0.25, 0.3) is 0 Å². The zero-order chi connectivity index (χ0) is 14.5. The Morgan fingerprint density at radius 3 is 2.15 bits per heavy atom. The van der Waals surface area contributed by atoms with Gasteiger partial charge < -0.3 is 4.74 Å². The molecule has 2 nitrogen and oxygen atoms in total. The fraction of sp³-hybridized carbons (Fsp3) is 0.611. The Bertz CT molecular complexity index is 356. The summed E-state index contributed by atoms with van der Waals surface area (Å²) in [4.78, 5) is 4.29. The Labute approximate surface area is 124 Å². The normalized spacial score (nSPS) is 11.1. The van der Waals surface area contributed by atoms with Crippen molar-refractivity contribution in [3.8, 4) is 5.75 Å². The summed E-state index contributed by atoms with van der Waals surface area (Å²) < 4.78 is 5.44. The highest BCUT2D eigenvalue weighted by molar-refractivity contribution is 5.51. The summed E-state index contributed by atoms with van der Waals surface area (Å²) in [5, 5.41) is 0. The molecule has 0 fully saturated rings. The minimum atomic E-state index is 0.857. The molecule has 0 atom stereocenters. The van der Waals surface area contributed by atoms with Crippen LogP contribution in [0.2, 0.25) is 0 Å². The van der Waals surface area contributed by atoms with Crippen molar-refractivity contribution in [3.63, 3.8) is 0 Å².